The van der Waals surface area contributed by atoms with Gasteiger partial charge in [-0.15, -0.1) is 24.0 Å². The number of nitrogens with zero attached hydrogens (tertiary/aromatic N) is 4. The fourth-order valence-electron chi connectivity index (χ4n) is 3.57. The fraction of sp³-hybridized carbons (Fsp3) is 0.800. The normalized spacial score (nSPS) is 16.1. The molecule has 1 aromatic rings. The molecule has 28 heavy (non-hydrogen) atoms. The van der Waals surface area contributed by atoms with Gasteiger partial charge in [-0.2, -0.15) is 5.10 Å². The second kappa shape index (κ2) is 13.4. The van der Waals surface area contributed by atoms with Crippen LogP contribution in [0.25, 0.3) is 0 Å². The van der Waals surface area contributed by atoms with Crippen LogP contribution in [0.4, 0.5) is 0 Å². The number of piperidine rings is 1. The first-order valence-corrected chi connectivity index (χ1v) is 10.2. The Kier molecular flexibility index (Phi) is 12.0. The molecule has 2 rings (SSSR count). The quantitative estimate of drug-likeness (QED) is 0.233. The molecule has 1 aliphatic rings. The smallest absolute Gasteiger partial charge is 0.191 e. The molecule has 1 fully saturated rings. The second-order valence-electron chi connectivity index (χ2n) is 7.60. The van der Waals surface area contributed by atoms with Gasteiger partial charge in [0.25, 0.3) is 0 Å². The lowest BCUT2D eigenvalue weighted by molar-refractivity contribution is 0.182. The minimum Gasteiger partial charge on any atom is -0.383 e. The van der Waals surface area contributed by atoms with E-state index < -0.39 is 0 Å². The van der Waals surface area contributed by atoms with Gasteiger partial charge in [-0.1, -0.05) is 6.92 Å². The summed E-state index contributed by atoms with van der Waals surface area (Å²) in [6.07, 6.45) is 3.82. The fourth-order valence-corrected chi connectivity index (χ4v) is 3.57. The highest BCUT2D eigenvalue weighted by Crippen LogP contribution is 2.15. The van der Waals surface area contributed by atoms with Crippen LogP contribution >= 0.6 is 24.0 Å². The lowest BCUT2D eigenvalue weighted by Crippen LogP contribution is -2.39. The van der Waals surface area contributed by atoms with Crippen molar-refractivity contribution in [3.8, 4) is 0 Å². The molecule has 0 saturated carbocycles. The van der Waals surface area contributed by atoms with E-state index in [-0.39, 0.29) is 24.0 Å². The molecular weight excluding hydrogens is 467 g/mol. The Hall–Kier alpha value is -0.870. The van der Waals surface area contributed by atoms with Crippen molar-refractivity contribution < 1.29 is 4.74 Å². The number of ether oxygens (including phenoxy) is 1. The Bertz CT molecular complexity index is 596. The molecule has 1 saturated heterocycles. The molecule has 0 radical (unpaired) electrons. The third kappa shape index (κ3) is 7.87. The molecule has 0 aromatic carbocycles. The summed E-state index contributed by atoms with van der Waals surface area (Å²) in [5.74, 6) is 1.75. The first-order valence-electron chi connectivity index (χ1n) is 10.2. The van der Waals surface area contributed by atoms with Crippen molar-refractivity contribution in [1.29, 1.82) is 0 Å². The largest absolute Gasteiger partial charge is 0.383 e. The maximum atomic E-state index is 5.16. The van der Waals surface area contributed by atoms with Crippen molar-refractivity contribution in [2.45, 2.75) is 53.1 Å². The highest BCUT2D eigenvalue weighted by Gasteiger charge is 2.15. The van der Waals surface area contributed by atoms with Crippen LogP contribution in [0.5, 0.6) is 0 Å². The molecule has 162 valence electrons. The maximum absolute atomic E-state index is 5.16. The standard InChI is InChI=1S/C20H38N6O.HI/c1-16-7-11-25(12-8-16)10-6-9-22-20(21-4)23-15-19-17(2)24-26(18(19)3)13-14-27-5;/h16H,6-15H2,1-5H3,(H2,21,22,23);1H. The number of aliphatic imine (C=N–C) groups is 1. The summed E-state index contributed by atoms with van der Waals surface area (Å²) in [7, 11) is 3.54. The molecule has 2 N–H and O–H groups in total. The first kappa shape index (κ1) is 25.2. The van der Waals surface area contributed by atoms with Crippen LogP contribution in [-0.2, 0) is 17.8 Å². The summed E-state index contributed by atoms with van der Waals surface area (Å²) in [5.41, 5.74) is 3.48. The molecule has 7 nitrogen and oxygen atoms in total. The van der Waals surface area contributed by atoms with Crippen LogP contribution in [0.2, 0.25) is 0 Å². The number of nitrogens with one attached hydrogen (secondary N) is 2. The van der Waals surface area contributed by atoms with Crippen LogP contribution in [0.15, 0.2) is 4.99 Å². The lowest BCUT2D eigenvalue weighted by Gasteiger charge is -2.30. The zero-order chi connectivity index (χ0) is 19.6. The van der Waals surface area contributed by atoms with Gasteiger partial charge in [0.15, 0.2) is 5.96 Å². The molecule has 0 amide bonds. The van der Waals surface area contributed by atoms with Gasteiger partial charge in [0.1, 0.15) is 0 Å². The summed E-state index contributed by atoms with van der Waals surface area (Å²) in [6, 6.07) is 0. The van der Waals surface area contributed by atoms with Crippen molar-refractivity contribution in [2.75, 3.05) is 46.9 Å². The van der Waals surface area contributed by atoms with E-state index in [1.54, 1.807) is 7.11 Å². The molecule has 0 atom stereocenters. The minimum atomic E-state index is 0. The summed E-state index contributed by atoms with van der Waals surface area (Å²) in [6.45, 7) is 13.3. The van der Waals surface area contributed by atoms with Crippen LogP contribution in [-0.4, -0.2) is 67.6 Å². The third-order valence-electron chi connectivity index (χ3n) is 5.51. The van der Waals surface area contributed by atoms with Crippen LogP contribution in [0.1, 0.15) is 43.1 Å². The van der Waals surface area contributed by atoms with E-state index >= 15 is 0 Å². The Balaban J connectivity index is 0.00000392. The molecule has 1 aliphatic heterocycles. The van der Waals surface area contributed by atoms with Crippen LogP contribution in [0.3, 0.4) is 0 Å². The Morgan fingerprint density at radius 3 is 2.57 bits per heavy atom. The third-order valence-corrected chi connectivity index (χ3v) is 5.51. The van der Waals surface area contributed by atoms with Crippen molar-refractivity contribution in [3.05, 3.63) is 17.0 Å². The first-order chi connectivity index (χ1) is 13.0. The Morgan fingerprint density at radius 2 is 1.93 bits per heavy atom. The minimum absolute atomic E-state index is 0. The molecule has 0 spiro atoms. The van der Waals surface area contributed by atoms with E-state index in [0.29, 0.717) is 6.61 Å². The summed E-state index contributed by atoms with van der Waals surface area (Å²) in [4.78, 5) is 6.93. The molecule has 0 aliphatic carbocycles. The molecule has 0 bridgehead atoms. The number of rotatable bonds is 9. The van der Waals surface area contributed by atoms with Gasteiger partial charge in [-0.05, 0) is 58.7 Å². The summed E-state index contributed by atoms with van der Waals surface area (Å²) < 4.78 is 7.18. The maximum Gasteiger partial charge on any atom is 0.191 e. The highest BCUT2D eigenvalue weighted by molar-refractivity contribution is 14.0. The summed E-state index contributed by atoms with van der Waals surface area (Å²) in [5, 5.41) is 11.5. The van der Waals surface area contributed by atoms with Gasteiger partial charge in [-0.3, -0.25) is 9.67 Å². The van der Waals surface area contributed by atoms with E-state index in [2.05, 4.69) is 46.4 Å². The van der Waals surface area contributed by atoms with Crippen LogP contribution in [0, 0.1) is 19.8 Å². The zero-order valence-electron chi connectivity index (χ0n) is 18.3. The van der Waals surface area contributed by atoms with E-state index in [1.165, 1.54) is 43.7 Å². The van der Waals surface area contributed by atoms with Gasteiger partial charge < -0.3 is 20.3 Å². The number of aromatic nitrogens is 2. The Morgan fingerprint density at radius 1 is 1.21 bits per heavy atom. The Labute approximate surface area is 187 Å². The van der Waals surface area contributed by atoms with Gasteiger partial charge in [0, 0.05) is 38.5 Å². The van der Waals surface area contributed by atoms with Gasteiger partial charge in [0.05, 0.1) is 18.8 Å². The number of halogens is 1. The SMILES string of the molecule is CN=C(NCCCN1CCC(C)CC1)NCc1c(C)nn(CCOC)c1C.I. The zero-order valence-corrected chi connectivity index (χ0v) is 20.6. The molecule has 2 heterocycles. The highest BCUT2D eigenvalue weighted by atomic mass is 127. The predicted molar refractivity (Wildman–Crippen MR) is 127 cm³/mol. The lowest BCUT2D eigenvalue weighted by atomic mass is 9.99. The molecular formula is C20H39IN6O. The molecule has 8 heteroatoms. The van der Waals surface area contributed by atoms with Crippen molar-refractivity contribution in [2.24, 2.45) is 10.9 Å². The number of hydrogen-bond donors (Lipinski definition) is 2. The monoisotopic (exact) mass is 506 g/mol. The van der Waals surface area contributed by atoms with Crippen molar-refractivity contribution in [3.63, 3.8) is 0 Å². The topological polar surface area (TPSA) is 66.7 Å². The van der Waals surface area contributed by atoms with Crippen LogP contribution < -0.4 is 10.6 Å². The van der Waals surface area contributed by atoms with Gasteiger partial charge >= 0.3 is 0 Å². The molecule has 1 aromatic heterocycles. The van der Waals surface area contributed by atoms with E-state index in [1.807, 2.05) is 11.7 Å². The van der Waals surface area contributed by atoms with E-state index in [4.69, 9.17) is 4.74 Å². The second-order valence-corrected chi connectivity index (χ2v) is 7.60. The number of hydrogen-bond acceptors (Lipinski definition) is 4. The number of methoxy groups -OCH3 is 1. The number of aryl methyl sites for hydroxylation is 1. The van der Waals surface area contributed by atoms with Gasteiger partial charge in [0.2, 0.25) is 0 Å². The van der Waals surface area contributed by atoms with Gasteiger partial charge in [-0.25, -0.2) is 0 Å². The van der Waals surface area contributed by atoms with Crippen molar-refractivity contribution in [1.82, 2.24) is 25.3 Å². The predicted octanol–water partition coefficient (Wildman–Crippen LogP) is 2.55. The molecule has 0 unspecified atom stereocenters. The van der Waals surface area contributed by atoms with E-state index in [9.17, 15) is 0 Å². The van der Waals surface area contributed by atoms with E-state index in [0.717, 1.165) is 43.6 Å². The van der Waals surface area contributed by atoms with Crippen molar-refractivity contribution >= 4 is 29.9 Å². The number of likely N-dealkylation sites (tertiary alicyclic amines) is 1. The number of guanidine groups is 1. The average molecular weight is 506 g/mol. The summed E-state index contributed by atoms with van der Waals surface area (Å²) >= 11 is 0. The average Bonchev–Trinajstić information content (AvgIpc) is 2.94.